The minimum Gasteiger partial charge on any atom is -0.323 e. The first-order chi connectivity index (χ1) is 9.15. The number of nitrogens with one attached hydrogen (secondary N) is 1. The number of carbonyl (C=O) groups is 1. The summed E-state index contributed by atoms with van der Waals surface area (Å²) >= 11 is 1.45. The van der Waals surface area contributed by atoms with Gasteiger partial charge >= 0.3 is 0 Å². The van der Waals surface area contributed by atoms with E-state index in [9.17, 15) is 4.79 Å². The summed E-state index contributed by atoms with van der Waals surface area (Å²) < 4.78 is 0. The zero-order valence-corrected chi connectivity index (χ0v) is 12.3. The van der Waals surface area contributed by atoms with E-state index in [1.807, 2.05) is 12.3 Å². The van der Waals surface area contributed by atoms with E-state index in [0.717, 1.165) is 5.69 Å². The summed E-state index contributed by atoms with van der Waals surface area (Å²) in [5, 5.41) is 5.48. The van der Waals surface area contributed by atoms with Crippen molar-refractivity contribution in [2.75, 3.05) is 5.32 Å². The topological polar surface area (TPSA) is 68.0 Å². The van der Waals surface area contributed by atoms with Crippen LogP contribution in [0, 0.1) is 5.92 Å². The summed E-state index contributed by atoms with van der Waals surface area (Å²) in [7, 11) is 0. The Kier molecular flexibility index (Phi) is 5.34. The Morgan fingerprint density at radius 1 is 1.47 bits per heavy atom. The first-order valence-electron chi connectivity index (χ1n) is 7.16. The highest BCUT2D eigenvalue weighted by molar-refractivity contribution is 7.13. The molecule has 1 fully saturated rings. The molecule has 1 amide bonds. The van der Waals surface area contributed by atoms with Gasteiger partial charge in [-0.2, -0.15) is 0 Å². The second-order valence-corrected chi connectivity index (χ2v) is 6.33. The van der Waals surface area contributed by atoms with Crippen LogP contribution in [0.2, 0.25) is 0 Å². The third kappa shape index (κ3) is 4.58. The van der Waals surface area contributed by atoms with Gasteiger partial charge in [0.15, 0.2) is 5.13 Å². The van der Waals surface area contributed by atoms with Crippen LogP contribution in [0.1, 0.15) is 63.6 Å². The van der Waals surface area contributed by atoms with Crippen molar-refractivity contribution in [1.82, 2.24) is 4.98 Å². The number of nitrogens with zero attached hydrogens (tertiary/aromatic N) is 1. The maximum Gasteiger partial charge on any atom is 0.226 e. The third-order valence-electron chi connectivity index (χ3n) is 3.68. The molecule has 1 aromatic rings. The van der Waals surface area contributed by atoms with Crippen molar-refractivity contribution < 1.29 is 4.79 Å². The number of carbonyl (C=O) groups excluding carboxylic acids is 1. The van der Waals surface area contributed by atoms with Gasteiger partial charge in [0.1, 0.15) is 0 Å². The quantitative estimate of drug-likeness (QED) is 0.830. The monoisotopic (exact) mass is 281 g/mol. The van der Waals surface area contributed by atoms with Crippen LogP contribution >= 0.6 is 11.3 Å². The fourth-order valence-electron chi connectivity index (χ4n) is 2.55. The molecule has 1 unspecified atom stereocenters. The van der Waals surface area contributed by atoms with E-state index in [0.29, 0.717) is 17.5 Å². The molecule has 106 valence electrons. The van der Waals surface area contributed by atoms with Crippen molar-refractivity contribution in [2.24, 2.45) is 11.7 Å². The molecule has 0 saturated heterocycles. The Hall–Kier alpha value is -0.940. The molecule has 1 aliphatic rings. The van der Waals surface area contributed by atoms with Gasteiger partial charge in [-0.15, -0.1) is 11.3 Å². The lowest BCUT2D eigenvalue weighted by atomic mass is 9.96. The van der Waals surface area contributed by atoms with E-state index in [1.165, 1.54) is 49.9 Å². The fraction of sp³-hybridized carbons (Fsp3) is 0.714. The number of anilines is 1. The Labute approximate surface area is 118 Å². The first-order valence-corrected chi connectivity index (χ1v) is 8.04. The second-order valence-electron chi connectivity index (χ2n) is 5.48. The lowest BCUT2D eigenvalue weighted by molar-refractivity contribution is -0.117. The Morgan fingerprint density at radius 3 is 2.74 bits per heavy atom. The molecule has 2 rings (SSSR count). The van der Waals surface area contributed by atoms with E-state index < -0.39 is 0 Å². The highest BCUT2D eigenvalue weighted by Crippen LogP contribution is 2.26. The zero-order valence-electron chi connectivity index (χ0n) is 11.5. The molecule has 5 heteroatoms. The largest absolute Gasteiger partial charge is 0.323 e. The highest BCUT2D eigenvalue weighted by Gasteiger charge is 2.17. The number of aromatic nitrogens is 1. The van der Waals surface area contributed by atoms with Crippen LogP contribution in [0.4, 0.5) is 5.13 Å². The summed E-state index contributed by atoms with van der Waals surface area (Å²) in [5.74, 6) is 0.646. The van der Waals surface area contributed by atoms with Gasteiger partial charge in [-0.05, 0) is 25.7 Å². The summed E-state index contributed by atoms with van der Waals surface area (Å²) in [5.41, 5.74) is 6.60. The van der Waals surface area contributed by atoms with Crippen LogP contribution in [0.15, 0.2) is 5.38 Å². The maximum absolute atomic E-state index is 12.0. The number of hydrogen-bond donors (Lipinski definition) is 2. The standard InChI is InChI=1S/C14H23N3OS/c1-10(15)12-9-19-14(16-12)17-13(18)8-11-6-4-2-3-5-7-11/h9-11H,2-8,15H2,1H3,(H,16,17,18). The molecule has 1 heterocycles. The lowest BCUT2D eigenvalue weighted by Gasteiger charge is -2.12. The van der Waals surface area contributed by atoms with Crippen LogP contribution in [-0.2, 0) is 4.79 Å². The van der Waals surface area contributed by atoms with Crippen molar-refractivity contribution in [1.29, 1.82) is 0 Å². The normalized spacial score (nSPS) is 18.8. The lowest BCUT2D eigenvalue weighted by Crippen LogP contribution is -2.16. The van der Waals surface area contributed by atoms with Crippen molar-refractivity contribution in [3.05, 3.63) is 11.1 Å². The summed E-state index contributed by atoms with van der Waals surface area (Å²) in [6.45, 7) is 1.90. The van der Waals surface area contributed by atoms with E-state index in [2.05, 4.69) is 10.3 Å². The molecule has 1 atom stereocenters. The van der Waals surface area contributed by atoms with Crippen LogP contribution in [0.3, 0.4) is 0 Å². The average molecular weight is 281 g/mol. The number of amides is 1. The van der Waals surface area contributed by atoms with Crippen LogP contribution in [0.25, 0.3) is 0 Å². The molecular weight excluding hydrogens is 258 g/mol. The molecule has 0 spiro atoms. The molecule has 0 bridgehead atoms. The zero-order chi connectivity index (χ0) is 13.7. The molecule has 4 nitrogen and oxygen atoms in total. The van der Waals surface area contributed by atoms with E-state index in [4.69, 9.17) is 5.73 Å². The molecule has 19 heavy (non-hydrogen) atoms. The van der Waals surface area contributed by atoms with Gasteiger partial charge in [0.25, 0.3) is 0 Å². The minimum absolute atomic E-state index is 0.0799. The number of rotatable bonds is 4. The van der Waals surface area contributed by atoms with Gasteiger partial charge in [0, 0.05) is 17.8 Å². The predicted molar refractivity (Wildman–Crippen MR) is 79.2 cm³/mol. The maximum atomic E-state index is 12.0. The SMILES string of the molecule is CC(N)c1csc(NC(=O)CC2CCCCCC2)n1. The number of nitrogens with two attached hydrogens (primary N) is 1. The summed E-state index contributed by atoms with van der Waals surface area (Å²) in [6.07, 6.45) is 8.19. The van der Waals surface area contributed by atoms with Gasteiger partial charge < -0.3 is 11.1 Å². The second kappa shape index (κ2) is 7.01. The predicted octanol–water partition coefficient (Wildman–Crippen LogP) is 3.46. The fourth-order valence-corrected chi connectivity index (χ4v) is 3.38. The molecule has 1 saturated carbocycles. The van der Waals surface area contributed by atoms with E-state index in [1.54, 1.807) is 0 Å². The Bertz CT molecular complexity index is 409. The molecule has 3 N–H and O–H groups in total. The van der Waals surface area contributed by atoms with Gasteiger partial charge in [0.2, 0.25) is 5.91 Å². The number of thiazole rings is 1. The van der Waals surface area contributed by atoms with Gasteiger partial charge in [-0.1, -0.05) is 25.7 Å². The molecule has 0 aliphatic heterocycles. The van der Waals surface area contributed by atoms with Gasteiger partial charge in [0.05, 0.1) is 5.69 Å². The van der Waals surface area contributed by atoms with Gasteiger partial charge in [-0.3, -0.25) is 4.79 Å². The van der Waals surface area contributed by atoms with Crippen molar-refractivity contribution in [3.8, 4) is 0 Å². The number of hydrogen-bond acceptors (Lipinski definition) is 4. The average Bonchev–Trinajstić information content (AvgIpc) is 2.67. The summed E-state index contributed by atoms with van der Waals surface area (Å²) in [6, 6.07) is -0.0799. The van der Waals surface area contributed by atoms with Crippen molar-refractivity contribution >= 4 is 22.4 Å². The molecular formula is C14H23N3OS. The summed E-state index contributed by atoms with van der Waals surface area (Å²) in [4.78, 5) is 16.3. The van der Waals surface area contributed by atoms with Crippen LogP contribution in [0.5, 0.6) is 0 Å². The smallest absolute Gasteiger partial charge is 0.226 e. The van der Waals surface area contributed by atoms with Gasteiger partial charge in [-0.25, -0.2) is 4.98 Å². The van der Waals surface area contributed by atoms with Crippen molar-refractivity contribution in [3.63, 3.8) is 0 Å². The van der Waals surface area contributed by atoms with E-state index in [-0.39, 0.29) is 11.9 Å². The van der Waals surface area contributed by atoms with Crippen LogP contribution in [-0.4, -0.2) is 10.9 Å². The molecule has 0 aromatic carbocycles. The van der Waals surface area contributed by atoms with Crippen molar-refractivity contribution in [2.45, 2.75) is 57.9 Å². The molecule has 1 aromatic heterocycles. The van der Waals surface area contributed by atoms with Crippen LogP contribution < -0.4 is 11.1 Å². The van der Waals surface area contributed by atoms with E-state index >= 15 is 0 Å². The highest BCUT2D eigenvalue weighted by atomic mass is 32.1. The Balaban J connectivity index is 1.82. The molecule has 1 aliphatic carbocycles. The minimum atomic E-state index is -0.0799. The Morgan fingerprint density at radius 2 is 2.16 bits per heavy atom. The third-order valence-corrected chi connectivity index (χ3v) is 4.46. The first kappa shape index (κ1) is 14.5. The molecule has 0 radical (unpaired) electrons.